The van der Waals surface area contributed by atoms with Crippen molar-refractivity contribution >= 4 is 29.4 Å². The Morgan fingerprint density at radius 2 is 2.15 bits per heavy atom. The maximum absolute atomic E-state index is 11.7. The van der Waals surface area contributed by atoms with E-state index in [1.54, 1.807) is 18.3 Å². The van der Waals surface area contributed by atoms with Crippen LogP contribution in [0.2, 0.25) is 0 Å². The highest BCUT2D eigenvalue weighted by Gasteiger charge is 2.18. The number of carbonyl (C=O) groups is 2. The molecular formula is C13H18N4O2S. The van der Waals surface area contributed by atoms with Gasteiger partial charge in [0.05, 0.1) is 11.4 Å². The van der Waals surface area contributed by atoms with E-state index in [1.165, 1.54) is 11.8 Å². The van der Waals surface area contributed by atoms with Gasteiger partial charge in [-0.1, -0.05) is 24.6 Å². The third-order valence-corrected chi connectivity index (χ3v) is 4.10. The molecule has 1 aliphatic carbocycles. The van der Waals surface area contributed by atoms with Crippen molar-refractivity contribution in [2.75, 3.05) is 11.5 Å². The summed E-state index contributed by atoms with van der Waals surface area (Å²) in [4.78, 5) is 27.3. The average Bonchev–Trinajstić information content (AvgIpc) is 2.90. The summed E-state index contributed by atoms with van der Waals surface area (Å²) in [6.45, 7) is 0. The zero-order chi connectivity index (χ0) is 14.4. The van der Waals surface area contributed by atoms with Gasteiger partial charge in [0.15, 0.2) is 0 Å². The number of nitrogen functional groups attached to an aromatic ring is 1. The molecule has 2 rings (SSSR count). The van der Waals surface area contributed by atoms with Crippen LogP contribution in [0.25, 0.3) is 0 Å². The highest BCUT2D eigenvalue weighted by Crippen LogP contribution is 2.21. The largest absolute Gasteiger partial charge is 0.397 e. The molecule has 0 atom stereocenters. The zero-order valence-corrected chi connectivity index (χ0v) is 11.9. The molecule has 1 aromatic rings. The van der Waals surface area contributed by atoms with E-state index in [4.69, 9.17) is 5.73 Å². The number of imide groups is 1. The van der Waals surface area contributed by atoms with E-state index < -0.39 is 6.03 Å². The van der Waals surface area contributed by atoms with Crippen molar-refractivity contribution in [3.05, 3.63) is 18.3 Å². The topological polar surface area (TPSA) is 97.1 Å². The van der Waals surface area contributed by atoms with Crippen LogP contribution in [0.3, 0.4) is 0 Å². The number of hydrogen-bond donors (Lipinski definition) is 3. The van der Waals surface area contributed by atoms with E-state index >= 15 is 0 Å². The SMILES string of the molecule is Nc1cccnc1SCC(=O)NC(=O)NC1CCCC1. The number of pyridine rings is 1. The number of nitrogens with zero attached hydrogens (tertiary/aromatic N) is 1. The normalized spacial score (nSPS) is 15.0. The van der Waals surface area contributed by atoms with Crippen LogP contribution in [-0.2, 0) is 4.79 Å². The molecule has 0 spiro atoms. The van der Waals surface area contributed by atoms with Gasteiger partial charge in [-0.3, -0.25) is 10.1 Å². The van der Waals surface area contributed by atoms with Crippen LogP contribution in [0.1, 0.15) is 25.7 Å². The van der Waals surface area contributed by atoms with Crippen molar-refractivity contribution < 1.29 is 9.59 Å². The summed E-state index contributed by atoms with van der Waals surface area (Å²) in [6, 6.07) is 3.23. The number of nitrogens with one attached hydrogen (secondary N) is 2. The number of thioether (sulfide) groups is 1. The van der Waals surface area contributed by atoms with E-state index in [-0.39, 0.29) is 17.7 Å². The number of carbonyl (C=O) groups excluding carboxylic acids is 2. The Balaban J connectivity index is 1.72. The lowest BCUT2D eigenvalue weighted by Gasteiger charge is -2.12. The summed E-state index contributed by atoms with van der Waals surface area (Å²) in [7, 11) is 0. The molecule has 0 aromatic carbocycles. The van der Waals surface area contributed by atoms with Gasteiger partial charge in [0, 0.05) is 12.2 Å². The van der Waals surface area contributed by atoms with Gasteiger partial charge in [-0.05, 0) is 25.0 Å². The average molecular weight is 294 g/mol. The van der Waals surface area contributed by atoms with Crippen LogP contribution < -0.4 is 16.4 Å². The number of aromatic nitrogens is 1. The Hall–Kier alpha value is -1.76. The van der Waals surface area contributed by atoms with Crippen molar-refractivity contribution in [1.29, 1.82) is 0 Å². The van der Waals surface area contributed by atoms with Gasteiger partial charge in [-0.25, -0.2) is 9.78 Å². The molecule has 4 N–H and O–H groups in total. The van der Waals surface area contributed by atoms with Crippen LogP contribution in [0, 0.1) is 0 Å². The van der Waals surface area contributed by atoms with Crippen LogP contribution in [0.5, 0.6) is 0 Å². The summed E-state index contributed by atoms with van der Waals surface area (Å²) in [5.74, 6) is -0.241. The maximum Gasteiger partial charge on any atom is 0.321 e. The fourth-order valence-corrected chi connectivity index (χ4v) is 2.82. The van der Waals surface area contributed by atoms with Crippen LogP contribution in [-0.4, -0.2) is 28.7 Å². The minimum absolute atomic E-state index is 0.110. The molecule has 6 nitrogen and oxygen atoms in total. The smallest absolute Gasteiger partial charge is 0.321 e. The lowest BCUT2D eigenvalue weighted by atomic mass is 10.2. The third kappa shape index (κ3) is 4.41. The summed E-state index contributed by atoms with van der Waals surface area (Å²) < 4.78 is 0. The first-order valence-electron chi connectivity index (χ1n) is 6.59. The van der Waals surface area contributed by atoms with Crippen molar-refractivity contribution in [2.24, 2.45) is 0 Å². The van der Waals surface area contributed by atoms with E-state index in [1.807, 2.05) is 0 Å². The predicted octanol–water partition coefficient (Wildman–Crippen LogP) is 1.52. The minimum Gasteiger partial charge on any atom is -0.397 e. The van der Waals surface area contributed by atoms with Crippen LogP contribution in [0.4, 0.5) is 10.5 Å². The Bertz CT molecular complexity index is 489. The molecule has 0 bridgehead atoms. The molecule has 0 saturated heterocycles. The zero-order valence-electron chi connectivity index (χ0n) is 11.1. The lowest BCUT2D eigenvalue weighted by Crippen LogP contribution is -2.44. The molecule has 0 unspecified atom stereocenters. The quantitative estimate of drug-likeness (QED) is 0.732. The lowest BCUT2D eigenvalue weighted by molar-refractivity contribution is -0.117. The molecule has 108 valence electrons. The Kier molecular flexibility index (Phi) is 5.23. The molecule has 1 heterocycles. The molecule has 0 radical (unpaired) electrons. The first-order valence-corrected chi connectivity index (χ1v) is 7.57. The first-order chi connectivity index (χ1) is 9.65. The highest BCUT2D eigenvalue weighted by atomic mass is 32.2. The Labute approximate surface area is 121 Å². The number of urea groups is 1. The van der Waals surface area contributed by atoms with Gasteiger partial charge in [0.1, 0.15) is 5.03 Å². The molecular weight excluding hydrogens is 276 g/mol. The molecule has 20 heavy (non-hydrogen) atoms. The number of nitrogens with two attached hydrogens (primary N) is 1. The fraction of sp³-hybridized carbons (Fsp3) is 0.462. The summed E-state index contributed by atoms with van der Waals surface area (Å²) in [5.41, 5.74) is 6.25. The molecule has 0 aliphatic heterocycles. The van der Waals surface area contributed by atoms with E-state index in [0.717, 1.165) is 25.7 Å². The second-order valence-electron chi connectivity index (χ2n) is 4.69. The van der Waals surface area contributed by atoms with Gasteiger partial charge >= 0.3 is 6.03 Å². The summed E-state index contributed by atoms with van der Waals surface area (Å²) >= 11 is 1.21. The predicted molar refractivity (Wildman–Crippen MR) is 78.3 cm³/mol. The van der Waals surface area contributed by atoms with Gasteiger partial charge in [-0.2, -0.15) is 0 Å². The van der Waals surface area contributed by atoms with Gasteiger partial charge in [-0.15, -0.1) is 0 Å². The van der Waals surface area contributed by atoms with E-state index in [9.17, 15) is 9.59 Å². The van der Waals surface area contributed by atoms with Crippen molar-refractivity contribution in [3.63, 3.8) is 0 Å². The van der Waals surface area contributed by atoms with Crippen molar-refractivity contribution in [1.82, 2.24) is 15.6 Å². The fourth-order valence-electron chi connectivity index (χ4n) is 2.11. The summed E-state index contributed by atoms with van der Waals surface area (Å²) in [6.07, 6.45) is 5.85. The molecule has 1 saturated carbocycles. The number of amides is 3. The standard InChI is InChI=1S/C13H18N4O2S/c14-10-6-3-7-15-12(10)20-8-11(18)17-13(19)16-9-4-1-2-5-9/h3,6-7,9H,1-2,4-5,8,14H2,(H2,16,17,18,19). The van der Waals surface area contributed by atoms with Gasteiger partial charge in [0.25, 0.3) is 0 Å². The number of anilines is 1. The molecule has 3 amide bonds. The van der Waals surface area contributed by atoms with Gasteiger partial charge in [0.2, 0.25) is 5.91 Å². The third-order valence-electron chi connectivity index (χ3n) is 3.08. The highest BCUT2D eigenvalue weighted by molar-refractivity contribution is 8.00. The second kappa shape index (κ2) is 7.14. The van der Waals surface area contributed by atoms with Crippen LogP contribution in [0.15, 0.2) is 23.4 Å². The van der Waals surface area contributed by atoms with Crippen molar-refractivity contribution in [3.8, 4) is 0 Å². The second-order valence-corrected chi connectivity index (χ2v) is 5.65. The monoisotopic (exact) mass is 294 g/mol. The summed E-state index contributed by atoms with van der Waals surface area (Å²) in [5, 5.41) is 5.71. The van der Waals surface area contributed by atoms with E-state index in [0.29, 0.717) is 10.7 Å². The number of rotatable bonds is 4. The number of hydrogen-bond acceptors (Lipinski definition) is 5. The minimum atomic E-state index is -0.420. The molecule has 1 aromatic heterocycles. The molecule has 7 heteroatoms. The molecule has 1 aliphatic rings. The van der Waals surface area contributed by atoms with Gasteiger partial charge < -0.3 is 11.1 Å². The van der Waals surface area contributed by atoms with Crippen molar-refractivity contribution in [2.45, 2.75) is 36.8 Å². The maximum atomic E-state index is 11.7. The Morgan fingerprint density at radius 3 is 2.85 bits per heavy atom. The molecule has 1 fully saturated rings. The Morgan fingerprint density at radius 1 is 1.40 bits per heavy atom. The van der Waals surface area contributed by atoms with E-state index in [2.05, 4.69) is 15.6 Å². The van der Waals surface area contributed by atoms with Crippen LogP contribution >= 0.6 is 11.8 Å². The first kappa shape index (κ1) is 14.6.